The van der Waals surface area contributed by atoms with Crippen molar-refractivity contribution >= 4 is 50.4 Å². The molecule has 21 heavy (non-hydrogen) atoms. The Morgan fingerprint density at radius 1 is 1.33 bits per heavy atom. The van der Waals surface area contributed by atoms with Crippen LogP contribution in [0.4, 0.5) is 11.4 Å². The van der Waals surface area contributed by atoms with Gasteiger partial charge in [-0.2, -0.15) is 0 Å². The van der Waals surface area contributed by atoms with E-state index in [1.165, 1.54) is 0 Å². The van der Waals surface area contributed by atoms with E-state index in [0.717, 1.165) is 15.2 Å². The average molecular weight is 318 g/mol. The number of thiazole rings is 1. The summed E-state index contributed by atoms with van der Waals surface area (Å²) < 4.78 is 1.03. The molecule has 1 heterocycles. The highest BCUT2D eigenvalue weighted by atomic mass is 35.5. The van der Waals surface area contributed by atoms with Gasteiger partial charge < -0.3 is 11.1 Å². The van der Waals surface area contributed by atoms with Crippen LogP contribution in [-0.2, 0) is 0 Å². The van der Waals surface area contributed by atoms with Crippen molar-refractivity contribution in [3.05, 3.63) is 52.0 Å². The first-order valence-corrected chi connectivity index (χ1v) is 7.46. The number of anilines is 2. The maximum Gasteiger partial charge on any atom is 0.257 e. The predicted octanol–water partition coefficient (Wildman–Crippen LogP) is 4.09. The number of amides is 1. The molecule has 0 radical (unpaired) electrons. The van der Waals surface area contributed by atoms with Crippen LogP contribution in [0.1, 0.15) is 15.4 Å². The average Bonchev–Trinajstić information content (AvgIpc) is 2.81. The molecule has 3 N–H and O–H groups in total. The van der Waals surface area contributed by atoms with Crippen LogP contribution < -0.4 is 11.1 Å². The third-order valence-electron chi connectivity index (χ3n) is 3.05. The van der Waals surface area contributed by atoms with Gasteiger partial charge >= 0.3 is 0 Å². The molecule has 0 spiro atoms. The number of carbonyl (C=O) groups excluding carboxylic acids is 1. The van der Waals surface area contributed by atoms with Crippen LogP contribution in [0.5, 0.6) is 0 Å². The summed E-state index contributed by atoms with van der Waals surface area (Å²) in [6, 6.07) is 10.6. The Balaban J connectivity index is 1.90. The maximum absolute atomic E-state index is 12.3. The van der Waals surface area contributed by atoms with E-state index in [1.54, 1.807) is 29.5 Å². The number of nitrogens with zero attached hydrogens (tertiary/aromatic N) is 1. The summed E-state index contributed by atoms with van der Waals surface area (Å²) in [7, 11) is 0. The number of hydrogen-bond donors (Lipinski definition) is 2. The number of halogens is 1. The molecular formula is C15H12ClN3OS. The first-order chi connectivity index (χ1) is 10.0. The molecule has 3 aromatic rings. The first kappa shape index (κ1) is 13.9. The van der Waals surface area contributed by atoms with E-state index < -0.39 is 0 Å². The maximum atomic E-state index is 12.3. The monoisotopic (exact) mass is 317 g/mol. The number of nitrogens with one attached hydrogen (secondary N) is 1. The van der Waals surface area contributed by atoms with Crippen LogP contribution in [0, 0.1) is 6.92 Å². The summed E-state index contributed by atoms with van der Waals surface area (Å²) in [5.74, 6) is -0.282. The van der Waals surface area contributed by atoms with Crippen molar-refractivity contribution in [3.63, 3.8) is 0 Å². The minimum Gasteiger partial charge on any atom is -0.397 e. The van der Waals surface area contributed by atoms with Gasteiger partial charge in [0.1, 0.15) is 0 Å². The van der Waals surface area contributed by atoms with E-state index in [-0.39, 0.29) is 11.6 Å². The molecule has 0 saturated heterocycles. The van der Waals surface area contributed by atoms with Gasteiger partial charge in [-0.3, -0.25) is 4.79 Å². The SMILES string of the molecule is Cc1nc2ccc(NC(=O)c3cccc(Cl)c3N)cc2s1. The second kappa shape index (κ2) is 5.35. The van der Waals surface area contributed by atoms with Gasteiger partial charge in [-0.25, -0.2) is 4.98 Å². The summed E-state index contributed by atoms with van der Waals surface area (Å²) in [5, 5.41) is 4.19. The Kier molecular flexibility index (Phi) is 3.53. The number of carbonyl (C=O) groups is 1. The molecule has 0 aliphatic rings. The number of para-hydroxylation sites is 1. The van der Waals surface area contributed by atoms with E-state index in [4.69, 9.17) is 17.3 Å². The van der Waals surface area contributed by atoms with Crippen molar-refractivity contribution in [1.82, 2.24) is 4.98 Å². The molecule has 4 nitrogen and oxygen atoms in total. The normalized spacial score (nSPS) is 10.8. The molecule has 3 rings (SSSR count). The predicted molar refractivity (Wildman–Crippen MR) is 88.2 cm³/mol. The number of nitrogens with two attached hydrogens (primary N) is 1. The fourth-order valence-corrected chi connectivity index (χ4v) is 3.09. The molecule has 1 aromatic heterocycles. The second-order valence-corrected chi connectivity index (χ2v) is 6.21. The topological polar surface area (TPSA) is 68.0 Å². The van der Waals surface area contributed by atoms with Crippen LogP contribution in [0.15, 0.2) is 36.4 Å². The second-order valence-electron chi connectivity index (χ2n) is 4.57. The number of aryl methyl sites for hydroxylation is 1. The zero-order chi connectivity index (χ0) is 15.0. The lowest BCUT2D eigenvalue weighted by molar-refractivity contribution is 0.102. The quantitative estimate of drug-likeness (QED) is 0.699. The highest BCUT2D eigenvalue weighted by molar-refractivity contribution is 7.18. The highest BCUT2D eigenvalue weighted by Crippen LogP contribution is 2.26. The molecule has 0 atom stereocenters. The number of rotatable bonds is 2. The summed E-state index contributed by atoms with van der Waals surface area (Å²) >= 11 is 7.52. The Hall–Kier alpha value is -2.11. The van der Waals surface area contributed by atoms with Crippen molar-refractivity contribution in [2.24, 2.45) is 0 Å². The van der Waals surface area contributed by atoms with Gasteiger partial charge in [0.05, 0.1) is 31.5 Å². The summed E-state index contributed by atoms with van der Waals surface area (Å²) in [6.07, 6.45) is 0. The number of nitrogen functional groups attached to an aromatic ring is 1. The molecule has 0 bridgehead atoms. The van der Waals surface area contributed by atoms with E-state index in [1.807, 2.05) is 25.1 Å². The van der Waals surface area contributed by atoms with E-state index in [0.29, 0.717) is 16.3 Å². The van der Waals surface area contributed by atoms with Crippen LogP contribution in [0.25, 0.3) is 10.2 Å². The van der Waals surface area contributed by atoms with Crippen molar-refractivity contribution in [2.45, 2.75) is 6.92 Å². The first-order valence-electron chi connectivity index (χ1n) is 6.27. The van der Waals surface area contributed by atoms with E-state index in [2.05, 4.69) is 10.3 Å². The lowest BCUT2D eigenvalue weighted by Crippen LogP contribution is -2.14. The van der Waals surface area contributed by atoms with Crippen molar-refractivity contribution in [1.29, 1.82) is 0 Å². The minimum absolute atomic E-state index is 0.282. The molecule has 6 heteroatoms. The standard InChI is InChI=1S/C15H12ClN3OS/c1-8-18-12-6-5-9(7-13(12)21-8)19-15(20)10-3-2-4-11(16)14(10)17/h2-7H,17H2,1H3,(H,19,20). The van der Waals surface area contributed by atoms with Crippen molar-refractivity contribution in [2.75, 3.05) is 11.1 Å². The summed E-state index contributed by atoms with van der Waals surface area (Å²) in [4.78, 5) is 16.7. The third-order valence-corrected chi connectivity index (χ3v) is 4.31. The number of hydrogen-bond acceptors (Lipinski definition) is 4. The zero-order valence-corrected chi connectivity index (χ0v) is 12.8. The fraction of sp³-hybridized carbons (Fsp3) is 0.0667. The molecule has 0 saturated carbocycles. The van der Waals surface area contributed by atoms with Crippen molar-refractivity contribution in [3.8, 4) is 0 Å². The van der Waals surface area contributed by atoms with Crippen LogP contribution in [-0.4, -0.2) is 10.9 Å². The van der Waals surface area contributed by atoms with Gasteiger partial charge in [0, 0.05) is 5.69 Å². The van der Waals surface area contributed by atoms with E-state index in [9.17, 15) is 4.79 Å². The van der Waals surface area contributed by atoms with E-state index >= 15 is 0 Å². The van der Waals surface area contributed by atoms with Gasteiger partial charge in [-0.1, -0.05) is 17.7 Å². The third kappa shape index (κ3) is 2.70. The number of fused-ring (bicyclic) bond motifs is 1. The van der Waals surface area contributed by atoms with Gasteiger partial charge in [0.2, 0.25) is 0 Å². The number of benzene rings is 2. The molecular weight excluding hydrogens is 306 g/mol. The molecule has 0 unspecified atom stereocenters. The highest BCUT2D eigenvalue weighted by Gasteiger charge is 2.12. The van der Waals surface area contributed by atoms with Crippen LogP contribution in [0.3, 0.4) is 0 Å². The van der Waals surface area contributed by atoms with Crippen LogP contribution >= 0.6 is 22.9 Å². The lowest BCUT2D eigenvalue weighted by Gasteiger charge is -2.08. The van der Waals surface area contributed by atoms with Gasteiger partial charge in [0.25, 0.3) is 5.91 Å². The number of aromatic nitrogens is 1. The minimum atomic E-state index is -0.282. The van der Waals surface area contributed by atoms with Crippen LogP contribution in [0.2, 0.25) is 5.02 Å². The van der Waals surface area contributed by atoms with Crippen molar-refractivity contribution < 1.29 is 4.79 Å². The van der Waals surface area contributed by atoms with Gasteiger partial charge in [-0.15, -0.1) is 11.3 Å². The molecule has 2 aromatic carbocycles. The summed E-state index contributed by atoms with van der Waals surface area (Å²) in [6.45, 7) is 1.95. The smallest absolute Gasteiger partial charge is 0.257 e. The summed E-state index contributed by atoms with van der Waals surface area (Å²) in [5.41, 5.74) is 8.11. The lowest BCUT2D eigenvalue weighted by atomic mass is 10.1. The zero-order valence-electron chi connectivity index (χ0n) is 11.2. The molecule has 106 valence electrons. The molecule has 0 aliphatic carbocycles. The molecule has 1 amide bonds. The fourth-order valence-electron chi connectivity index (χ4n) is 2.05. The Morgan fingerprint density at radius 3 is 2.95 bits per heavy atom. The Labute approximate surface area is 130 Å². The largest absolute Gasteiger partial charge is 0.397 e. The molecule has 0 aliphatic heterocycles. The molecule has 0 fully saturated rings. The Morgan fingerprint density at radius 2 is 2.14 bits per heavy atom. The van der Waals surface area contributed by atoms with Gasteiger partial charge in [0.15, 0.2) is 0 Å². The van der Waals surface area contributed by atoms with Gasteiger partial charge in [-0.05, 0) is 37.3 Å². The Bertz CT molecular complexity index is 844.